The number of likely N-dealkylation sites (N-methyl/N-ethyl adjacent to an activating group) is 1. The summed E-state index contributed by atoms with van der Waals surface area (Å²) in [6.45, 7) is 5.81. The number of pyridine rings is 1. The fourth-order valence-corrected chi connectivity index (χ4v) is 5.00. The quantitative estimate of drug-likeness (QED) is 0.530. The van der Waals surface area contributed by atoms with Gasteiger partial charge < -0.3 is 19.5 Å². The summed E-state index contributed by atoms with van der Waals surface area (Å²) in [5.74, 6) is 1.30. The molecule has 4 aromatic heterocycles. The number of aryl methyl sites for hydroxylation is 2. The highest BCUT2D eigenvalue weighted by atomic mass is 32.1. The maximum absolute atomic E-state index is 12.9. The molecule has 1 atom stereocenters. The number of nitrogens with zero attached hydrogens (tertiary/aromatic N) is 6. The molecule has 160 valence electrons. The molecular formula is C22H25N7OS. The zero-order valence-corrected chi connectivity index (χ0v) is 18.9. The number of rotatable bonds is 4. The van der Waals surface area contributed by atoms with E-state index in [0.717, 1.165) is 52.6 Å². The Morgan fingerprint density at radius 3 is 2.81 bits per heavy atom. The Morgan fingerprint density at radius 1 is 1.19 bits per heavy atom. The van der Waals surface area contributed by atoms with E-state index < -0.39 is 0 Å². The van der Waals surface area contributed by atoms with Gasteiger partial charge in [-0.1, -0.05) is 0 Å². The van der Waals surface area contributed by atoms with E-state index in [1.807, 2.05) is 30.5 Å². The molecule has 9 heteroatoms. The standard InChI is InChI=1S/C22H25N7OS/c1-13-10-29-12-18(24-14(2)20(29)23-13)25-21(30)17-9-15-5-6-19(26-22(15)31-17)28-8-7-16(11-28)27(3)4/h5-6,9-10,12,16H,7-8,11H2,1-4H3,(H,25,30)/t16-/m1/s1. The van der Waals surface area contributed by atoms with Crippen molar-refractivity contribution in [1.29, 1.82) is 0 Å². The van der Waals surface area contributed by atoms with Crippen LogP contribution in [0, 0.1) is 13.8 Å². The molecule has 0 aliphatic carbocycles. The van der Waals surface area contributed by atoms with E-state index in [0.29, 0.717) is 16.7 Å². The van der Waals surface area contributed by atoms with E-state index >= 15 is 0 Å². The molecule has 31 heavy (non-hydrogen) atoms. The Kier molecular flexibility index (Phi) is 4.86. The minimum Gasteiger partial charge on any atom is -0.355 e. The van der Waals surface area contributed by atoms with Gasteiger partial charge in [-0.3, -0.25) is 4.79 Å². The lowest BCUT2D eigenvalue weighted by Gasteiger charge is -2.21. The van der Waals surface area contributed by atoms with Crippen LogP contribution in [0.25, 0.3) is 15.9 Å². The lowest BCUT2D eigenvalue weighted by molar-refractivity contribution is 0.103. The van der Waals surface area contributed by atoms with Crippen LogP contribution in [0.1, 0.15) is 27.5 Å². The first-order valence-corrected chi connectivity index (χ1v) is 11.2. The van der Waals surface area contributed by atoms with E-state index in [1.54, 1.807) is 6.20 Å². The molecule has 8 nitrogen and oxygen atoms in total. The number of nitrogens with one attached hydrogen (secondary N) is 1. The average Bonchev–Trinajstić information content (AvgIpc) is 3.44. The summed E-state index contributed by atoms with van der Waals surface area (Å²) in [7, 11) is 4.24. The van der Waals surface area contributed by atoms with Crippen LogP contribution in [0.4, 0.5) is 11.6 Å². The summed E-state index contributed by atoms with van der Waals surface area (Å²) in [5, 5.41) is 3.90. The minimum atomic E-state index is -0.179. The third kappa shape index (κ3) is 3.75. The Morgan fingerprint density at radius 2 is 2.03 bits per heavy atom. The van der Waals surface area contributed by atoms with Crippen molar-refractivity contribution >= 4 is 44.7 Å². The highest BCUT2D eigenvalue weighted by Gasteiger charge is 2.25. The minimum absolute atomic E-state index is 0.179. The molecule has 1 aliphatic heterocycles. The van der Waals surface area contributed by atoms with Crippen molar-refractivity contribution < 1.29 is 4.79 Å². The second-order valence-corrected chi connectivity index (χ2v) is 9.34. The van der Waals surface area contributed by atoms with Crippen LogP contribution >= 0.6 is 11.3 Å². The molecule has 0 unspecified atom stereocenters. The van der Waals surface area contributed by atoms with Gasteiger partial charge in [0.05, 0.1) is 22.5 Å². The highest BCUT2D eigenvalue weighted by Crippen LogP contribution is 2.29. The number of fused-ring (bicyclic) bond motifs is 2. The monoisotopic (exact) mass is 435 g/mol. The van der Waals surface area contributed by atoms with Gasteiger partial charge in [0.25, 0.3) is 5.91 Å². The van der Waals surface area contributed by atoms with Crippen LogP contribution in [-0.2, 0) is 0 Å². The molecule has 0 spiro atoms. The van der Waals surface area contributed by atoms with Crippen LogP contribution in [0.3, 0.4) is 0 Å². The van der Waals surface area contributed by atoms with Crippen LogP contribution in [0.15, 0.2) is 30.6 Å². The third-order valence-corrected chi connectivity index (χ3v) is 6.82. The summed E-state index contributed by atoms with van der Waals surface area (Å²) in [6, 6.07) is 6.55. The van der Waals surface area contributed by atoms with Crippen LogP contribution < -0.4 is 10.2 Å². The maximum Gasteiger partial charge on any atom is 0.267 e. The molecule has 1 fully saturated rings. The zero-order chi connectivity index (χ0) is 21.7. The normalized spacial score (nSPS) is 16.7. The van der Waals surface area contributed by atoms with E-state index in [1.165, 1.54) is 11.3 Å². The Hall–Kier alpha value is -3.04. The Balaban J connectivity index is 1.37. The third-order valence-electron chi connectivity index (χ3n) is 5.78. The van der Waals surface area contributed by atoms with Gasteiger partial charge in [-0.2, -0.15) is 0 Å². The smallest absolute Gasteiger partial charge is 0.267 e. The fraction of sp³-hybridized carbons (Fsp3) is 0.364. The predicted molar refractivity (Wildman–Crippen MR) is 124 cm³/mol. The van der Waals surface area contributed by atoms with Gasteiger partial charge in [0.15, 0.2) is 5.65 Å². The summed E-state index contributed by atoms with van der Waals surface area (Å²) < 4.78 is 1.89. The Bertz CT molecular complexity index is 1290. The first kappa shape index (κ1) is 19.9. The van der Waals surface area contributed by atoms with Gasteiger partial charge in [0.1, 0.15) is 16.5 Å². The number of carbonyl (C=O) groups is 1. The second-order valence-electron chi connectivity index (χ2n) is 8.31. The van der Waals surface area contributed by atoms with Gasteiger partial charge in [0, 0.05) is 30.7 Å². The molecule has 0 radical (unpaired) electrons. The topological polar surface area (TPSA) is 78.7 Å². The summed E-state index contributed by atoms with van der Waals surface area (Å²) in [4.78, 5) is 32.7. The zero-order valence-electron chi connectivity index (χ0n) is 18.1. The van der Waals surface area contributed by atoms with Crippen molar-refractivity contribution in [2.45, 2.75) is 26.3 Å². The van der Waals surface area contributed by atoms with Crippen molar-refractivity contribution in [1.82, 2.24) is 24.3 Å². The summed E-state index contributed by atoms with van der Waals surface area (Å²) >= 11 is 1.41. The molecule has 1 N–H and O–H groups in total. The lowest BCUT2D eigenvalue weighted by atomic mass is 10.2. The van der Waals surface area contributed by atoms with E-state index in [4.69, 9.17) is 4.98 Å². The fourth-order valence-electron chi connectivity index (χ4n) is 4.08. The van der Waals surface area contributed by atoms with Crippen LogP contribution in [-0.4, -0.2) is 63.4 Å². The second kappa shape index (κ2) is 7.58. The van der Waals surface area contributed by atoms with E-state index in [9.17, 15) is 4.79 Å². The molecule has 1 amide bonds. The van der Waals surface area contributed by atoms with Crippen molar-refractivity contribution in [3.63, 3.8) is 0 Å². The number of anilines is 2. The molecule has 5 heterocycles. The maximum atomic E-state index is 12.9. The van der Waals surface area contributed by atoms with Crippen molar-refractivity contribution in [2.75, 3.05) is 37.4 Å². The molecule has 5 rings (SSSR count). The average molecular weight is 436 g/mol. The summed E-state index contributed by atoms with van der Waals surface area (Å²) in [5.41, 5.74) is 2.48. The molecular weight excluding hydrogens is 410 g/mol. The molecule has 1 saturated heterocycles. The van der Waals surface area contributed by atoms with Crippen molar-refractivity contribution in [3.8, 4) is 0 Å². The van der Waals surface area contributed by atoms with Crippen LogP contribution in [0.5, 0.6) is 0 Å². The van der Waals surface area contributed by atoms with Crippen molar-refractivity contribution in [2.24, 2.45) is 0 Å². The van der Waals surface area contributed by atoms with Gasteiger partial charge >= 0.3 is 0 Å². The number of hydrogen-bond donors (Lipinski definition) is 1. The molecule has 4 aromatic rings. The van der Waals surface area contributed by atoms with Gasteiger partial charge in [-0.05, 0) is 52.6 Å². The van der Waals surface area contributed by atoms with E-state index in [2.05, 4.69) is 51.3 Å². The lowest BCUT2D eigenvalue weighted by Crippen LogP contribution is -2.31. The van der Waals surface area contributed by atoms with Gasteiger partial charge in [0.2, 0.25) is 0 Å². The number of aromatic nitrogens is 4. The molecule has 0 bridgehead atoms. The number of imidazole rings is 1. The number of amides is 1. The van der Waals surface area contributed by atoms with Crippen LogP contribution in [0.2, 0.25) is 0 Å². The predicted octanol–water partition coefficient (Wildman–Crippen LogP) is 3.35. The molecule has 1 aliphatic rings. The Labute approximate surface area is 184 Å². The summed E-state index contributed by atoms with van der Waals surface area (Å²) in [6.07, 6.45) is 4.85. The molecule has 0 aromatic carbocycles. The SMILES string of the molecule is Cc1cn2cc(NC(=O)c3cc4ccc(N5CC[C@@H](N(C)C)C5)nc4s3)nc(C)c2n1. The molecule has 0 saturated carbocycles. The van der Waals surface area contributed by atoms with E-state index in [-0.39, 0.29) is 5.91 Å². The van der Waals surface area contributed by atoms with Gasteiger partial charge in [-0.15, -0.1) is 11.3 Å². The largest absolute Gasteiger partial charge is 0.355 e. The first-order valence-electron chi connectivity index (χ1n) is 10.3. The van der Waals surface area contributed by atoms with Crippen molar-refractivity contribution in [3.05, 3.63) is 46.9 Å². The number of thiophene rings is 1. The number of hydrogen-bond acceptors (Lipinski definition) is 7. The number of carbonyl (C=O) groups excluding carboxylic acids is 1. The highest BCUT2D eigenvalue weighted by molar-refractivity contribution is 7.20. The van der Waals surface area contributed by atoms with Gasteiger partial charge in [-0.25, -0.2) is 15.0 Å². The first-order chi connectivity index (χ1) is 14.9.